The lowest BCUT2D eigenvalue weighted by atomic mass is 9.95. The van der Waals surface area contributed by atoms with E-state index in [4.69, 9.17) is 23.4 Å². The third-order valence-electron chi connectivity index (χ3n) is 5.53. The first-order valence-electron chi connectivity index (χ1n) is 10.3. The van der Waals surface area contributed by atoms with E-state index in [0.717, 1.165) is 5.57 Å². The van der Waals surface area contributed by atoms with E-state index >= 15 is 0 Å². The molecule has 3 aromatic rings. The fourth-order valence-corrected chi connectivity index (χ4v) is 3.94. The lowest BCUT2D eigenvalue weighted by molar-refractivity contribution is -0.131. The summed E-state index contributed by atoms with van der Waals surface area (Å²) < 4.78 is 27.4. The highest BCUT2D eigenvalue weighted by Gasteiger charge is 2.34. The second kappa shape index (κ2) is 8.58. The summed E-state index contributed by atoms with van der Waals surface area (Å²) in [6.45, 7) is 6.93. The van der Waals surface area contributed by atoms with Crippen LogP contribution >= 0.6 is 0 Å². The first-order chi connectivity index (χ1) is 16.2. The number of hydrogen-bond acceptors (Lipinski definition) is 8. The maximum Gasteiger partial charge on any atom is 0.372 e. The van der Waals surface area contributed by atoms with E-state index < -0.39 is 23.5 Å². The van der Waals surface area contributed by atoms with Crippen LogP contribution in [0.1, 0.15) is 45.9 Å². The minimum absolute atomic E-state index is 0.0000924. The van der Waals surface area contributed by atoms with Gasteiger partial charge in [0.1, 0.15) is 23.2 Å². The number of esters is 1. The maximum absolute atomic E-state index is 13.8. The molecule has 0 spiro atoms. The van der Waals surface area contributed by atoms with E-state index in [9.17, 15) is 19.5 Å². The molecule has 9 nitrogen and oxygen atoms in total. The molecule has 1 unspecified atom stereocenters. The van der Waals surface area contributed by atoms with Gasteiger partial charge in [0.2, 0.25) is 11.5 Å². The van der Waals surface area contributed by atoms with Crippen molar-refractivity contribution in [2.24, 2.45) is 0 Å². The Hall–Kier alpha value is -4.27. The molecule has 1 aliphatic heterocycles. The summed E-state index contributed by atoms with van der Waals surface area (Å²) in [5.74, 6) is -2.24. The molecule has 0 saturated carbocycles. The number of aromatic carboxylic acids is 1. The minimum Gasteiger partial charge on any atom is -0.493 e. The van der Waals surface area contributed by atoms with E-state index in [1.807, 2.05) is 6.92 Å². The molecular formula is C25H22O9. The summed E-state index contributed by atoms with van der Waals surface area (Å²) in [6.07, 6.45) is 0.00729. The fraction of sp³-hybridized carbons (Fsp3) is 0.240. The SMILES string of the molecule is C=C(C)C1Cc2c(ccc(C(=O)c3c(C(=O)O)oc4cc(OC)c(OC)cc34)c2OC(C)=O)O1. The molecule has 2 aromatic carbocycles. The summed E-state index contributed by atoms with van der Waals surface area (Å²) in [5, 5.41) is 9.97. The molecule has 1 aliphatic rings. The summed E-state index contributed by atoms with van der Waals surface area (Å²) in [6, 6.07) is 5.94. The molecule has 2 heterocycles. The lowest BCUT2D eigenvalue weighted by Gasteiger charge is -2.12. The maximum atomic E-state index is 13.8. The number of carboxylic acids is 1. The van der Waals surface area contributed by atoms with Gasteiger partial charge < -0.3 is 28.5 Å². The number of ether oxygens (including phenoxy) is 4. The number of carboxylic acid groups (broad SMARTS) is 1. The van der Waals surface area contributed by atoms with Crippen LogP contribution in [0, 0.1) is 0 Å². The van der Waals surface area contributed by atoms with Gasteiger partial charge >= 0.3 is 11.9 Å². The quantitative estimate of drug-likeness (QED) is 0.236. The summed E-state index contributed by atoms with van der Waals surface area (Å²) in [4.78, 5) is 37.7. The van der Waals surface area contributed by atoms with Gasteiger partial charge in [-0.3, -0.25) is 9.59 Å². The lowest BCUT2D eigenvalue weighted by Crippen LogP contribution is -2.14. The van der Waals surface area contributed by atoms with Gasteiger partial charge in [0.15, 0.2) is 11.5 Å². The predicted molar refractivity (Wildman–Crippen MR) is 120 cm³/mol. The Labute approximate surface area is 194 Å². The summed E-state index contributed by atoms with van der Waals surface area (Å²) >= 11 is 0. The highest BCUT2D eigenvalue weighted by Crippen LogP contribution is 2.43. The number of carbonyl (C=O) groups excluding carboxylic acids is 2. The van der Waals surface area contributed by atoms with Crippen molar-refractivity contribution in [3.63, 3.8) is 0 Å². The Kier molecular flexibility index (Phi) is 5.78. The molecule has 1 N–H and O–H groups in total. The van der Waals surface area contributed by atoms with Crippen LogP contribution in [0.2, 0.25) is 0 Å². The largest absolute Gasteiger partial charge is 0.493 e. The van der Waals surface area contributed by atoms with Crippen LogP contribution in [0.5, 0.6) is 23.0 Å². The Morgan fingerprint density at radius 1 is 1.09 bits per heavy atom. The second-order valence-corrected chi connectivity index (χ2v) is 7.81. The summed E-state index contributed by atoms with van der Waals surface area (Å²) in [7, 11) is 2.84. The highest BCUT2D eigenvalue weighted by molar-refractivity contribution is 6.22. The van der Waals surface area contributed by atoms with Gasteiger partial charge in [0, 0.05) is 30.4 Å². The average Bonchev–Trinajstić information content (AvgIpc) is 3.39. The number of hydrogen-bond donors (Lipinski definition) is 1. The van der Waals surface area contributed by atoms with Crippen molar-refractivity contribution in [1.82, 2.24) is 0 Å². The molecule has 176 valence electrons. The van der Waals surface area contributed by atoms with Gasteiger partial charge in [0.05, 0.1) is 25.3 Å². The normalized spacial score (nSPS) is 14.3. The van der Waals surface area contributed by atoms with E-state index in [2.05, 4.69) is 6.58 Å². The van der Waals surface area contributed by atoms with Gasteiger partial charge in [0.25, 0.3) is 0 Å². The zero-order valence-corrected chi connectivity index (χ0v) is 19.0. The van der Waals surface area contributed by atoms with E-state index in [0.29, 0.717) is 23.5 Å². The minimum atomic E-state index is -1.43. The van der Waals surface area contributed by atoms with Crippen LogP contribution in [-0.4, -0.2) is 43.2 Å². The Balaban J connectivity index is 1.94. The number of fused-ring (bicyclic) bond motifs is 2. The van der Waals surface area contributed by atoms with Crippen LogP contribution in [-0.2, 0) is 11.2 Å². The zero-order chi connectivity index (χ0) is 24.7. The number of benzene rings is 2. The van der Waals surface area contributed by atoms with Crippen molar-refractivity contribution in [2.45, 2.75) is 26.4 Å². The molecular weight excluding hydrogens is 444 g/mol. The van der Waals surface area contributed by atoms with Gasteiger partial charge in [-0.05, 0) is 30.7 Å². The fourth-order valence-electron chi connectivity index (χ4n) is 3.94. The molecule has 1 aromatic heterocycles. The molecule has 0 aliphatic carbocycles. The van der Waals surface area contributed by atoms with Gasteiger partial charge in [-0.2, -0.15) is 0 Å². The van der Waals surface area contributed by atoms with Crippen molar-refractivity contribution >= 4 is 28.7 Å². The Bertz CT molecular complexity index is 1360. The topological polar surface area (TPSA) is 122 Å². The number of ketones is 1. The predicted octanol–water partition coefficient (Wildman–Crippen LogP) is 4.18. The molecule has 4 rings (SSSR count). The average molecular weight is 466 g/mol. The molecule has 9 heteroatoms. The van der Waals surface area contributed by atoms with Crippen molar-refractivity contribution in [3.05, 3.63) is 58.9 Å². The van der Waals surface area contributed by atoms with Crippen molar-refractivity contribution < 1.29 is 42.9 Å². The molecule has 34 heavy (non-hydrogen) atoms. The van der Waals surface area contributed by atoms with E-state index in [1.54, 1.807) is 6.07 Å². The molecule has 0 fully saturated rings. The molecule has 0 bridgehead atoms. The van der Waals surface area contributed by atoms with Crippen molar-refractivity contribution in [3.8, 4) is 23.0 Å². The Morgan fingerprint density at radius 3 is 2.35 bits per heavy atom. The number of rotatable bonds is 7. The van der Waals surface area contributed by atoms with Crippen molar-refractivity contribution in [1.29, 1.82) is 0 Å². The van der Waals surface area contributed by atoms with E-state index in [-0.39, 0.29) is 39.7 Å². The van der Waals surface area contributed by atoms with Crippen molar-refractivity contribution in [2.75, 3.05) is 14.2 Å². The Morgan fingerprint density at radius 2 is 1.76 bits per heavy atom. The van der Waals surface area contributed by atoms with Gasteiger partial charge in [-0.1, -0.05) is 6.58 Å². The first kappa shape index (κ1) is 22.9. The first-order valence-corrected chi connectivity index (χ1v) is 10.3. The van der Waals surface area contributed by atoms with Gasteiger partial charge in [-0.15, -0.1) is 0 Å². The molecule has 0 amide bonds. The second-order valence-electron chi connectivity index (χ2n) is 7.81. The molecule has 1 atom stereocenters. The van der Waals surface area contributed by atoms with Gasteiger partial charge in [-0.25, -0.2) is 4.79 Å². The number of furan rings is 1. The highest BCUT2D eigenvalue weighted by atomic mass is 16.5. The van der Waals surface area contributed by atoms with E-state index in [1.165, 1.54) is 39.3 Å². The third kappa shape index (κ3) is 3.75. The third-order valence-corrected chi connectivity index (χ3v) is 5.53. The van der Waals surface area contributed by atoms with Crippen LogP contribution in [0.25, 0.3) is 11.0 Å². The van der Waals surface area contributed by atoms with Crippen LogP contribution in [0.15, 0.2) is 40.8 Å². The van der Waals surface area contributed by atoms with Crippen LogP contribution in [0.4, 0.5) is 0 Å². The monoisotopic (exact) mass is 466 g/mol. The molecule has 0 radical (unpaired) electrons. The van der Waals surface area contributed by atoms with Crippen LogP contribution in [0.3, 0.4) is 0 Å². The van der Waals surface area contributed by atoms with Crippen LogP contribution < -0.4 is 18.9 Å². The molecule has 0 saturated heterocycles. The standard InChI is InChI=1S/C25H22O9/c1-11(2)17-9-15-16(33-17)7-6-13(23(15)32-12(3)26)22(27)21-14-8-19(30-4)20(31-5)10-18(14)34-24(21)25(28)29/h6-8,10,17H,1,9H2,2-5H3,(H,28,29). The smallest absolute Gasteiger partial charge is 0.372 e. The number of methoxy groups -OCH3 is 2. The zero-order valence-electron chi connectivity index (χ0n) is 19.0. The summed E-state index contributed by atoms with van der Waals surface area (Å²) in [5.41, 5.74) is 1.22. The number of carbonyl (C=O) groups is 3.